The third kappa shape index (κ3) is 1.37. The summed E-state index contributed by atoms with van der Waals surface area (Å²) in [6.45, 7) is -0.0326. The second kappa shape index (κ2) is 2.90. The van der Waals surface area contributed by atoms with Crippen LogP contribution in [0.3, 0.4) is 0 Å². The Hall–Kier alpha value is -0.825. The zero-order valence-electron chi connectivity index (χ0n) is 6.83. The Morgan fingerprint density at radius 3 is 2.75 bits per heavy atom. The molecule has 1 saturated carbocycles. The van der Waals surface area contributed by atoms with E-state index in [1.54, 1.807) is 0 Å². The van der Waals surface area contributed by atoms with E-state index >= 15 is 0 Å². The summed E-state index contributed by atoms with van der Waals surface area (Å²) in [6, 6.07) is 3.82. The number of aromatic nitrogens is 1. The molecule has 0 spiro atoms. The Bertz CT molecular complexity index is 297. The second-order valence-electron chi connectivity index (χ2n) is 3.21. The molecule has 0 saturated heterocycles. The van der Waals surface area contributed by atoms with Crippen molar-refractivity contribution in [3.63, 3.8) is 0 Å². The van der Waals surface area contributed by atoms with Crippen molar-refractivity contribution >= 4 is 13.4 Å². The lowest BCUT2D eigenvalue weighted by Gasteiger charge is -2.04. The van der Waals surface area contributed by atoms with Gasteiger partial charge < -0.3 is 5.11 Å². The summed E-state index contributed by atoms with van der Waals surface area (Å²) in [6.07, 6.45) is 2.45. The van der Waals surface area contributed by atoms with E-state index in [4.69, 9.17) is 13.0 Å². The lowest BCUT2D eigenvalue weighted by Crippen LogP contribution is -2.16. The summed E-state index contributed by atoms with van der Waals surface area (Å²) < 4.78 is 0. The molecule has 0 atom stereocenters. The summed E-state index contributed by atoms with van der Waals surface area (Å²) >= 11 is 0. The first-order valence-electron chi connectivity index (χ1n) is 4.17. The highest BCUT2D eigenvalue weighted by molar-refractivity contribution is 6.31. The van der Waals surface area contributed by atoms with Crippen LogP contribution in [0.25, 0.3) is 0 Å². The number of rotatable bonds is 2. The minimum atomic E-state index is -0.0326. The van der Waals surface area contributed by atoms with Gasteiger partial charge in [-0.25, -0.2) is 0 Å². The molecule has 3 heteroatoms. The lowest BCUT2D eigenvalue weighted by atomic mass is 9.94. The van der Waals surface area contributed by atoms with E-state index in [2.05, 4.69) is 4.98 Å². The molecule has 2 nitrogen and oxygen atoms in total. The van der Waals surface area contributed by atoms with Crippen LogP contribution >= 0.6 is 0 Å². The minimum absolute atomic E-state index is 0.0326. The number of hydrogen-bond acceptors (Lipinski definition) is 2. The normalized spacial score (nSPS) is 16.4. The molecule has 1 N–H and O–H groups in total. The van der Waals surface area contributed by atoms with Crippen LogP contribution in [-0.2, 0) is 6.61 Å². The van der Waals surface area contributed by atoms with Crippen LogP contribution in [0.4, 0.5) is 0 Å². The maximum atomic E-state index is 8.79. The van der Waals surface area contributed by atoms with Gasteiger partial charge in [-0.2, -0.15) is 0 Å². The van der Waals surface area contributed by atoms with Crippen molar-refractivity contribution in [1.82, 2.24) is 4.98 Å². The number of hydrogen-bond donors (Lipinski definition) is 1. The molecule has 1 aromatic heterocycles. The molecule has 1 fully saturated rings. The summed E-state index contributed by atoms with van der Waals surface area (Å²) in [7, 11) is 5.72. The van der Waals surface area contributed by atoms with Crippen LogP contribution in [0.1, 0.15) is 30.0 Å². The zero-order valence-corrected chi connectivity index (χ0v) is 6.83. The van der Waals surface area contributed by atoms with Crippen LogP contribution in [0.2, 0.25) is 0 Å². The van der Waals surface area contributed by atoms with Crippen LogP contribution in [0.5, 0.6) is 0 Å². The largest absolute Gasteiger partial charge is 0.390 e. The summed E-state index contributed by atoms with van der Waals surface area (Å²) in [5.41, 5.74) is 2.38. The first-order chi connectivity index (χ1) is 5.81. The monoisotopic (exact) mass is 159 g/mol. The fourth-order valence-corrected chi connectivity index (χ4v) is 1.36. The van der Waals surface area contributed by atoms with E-state index < -0.39 is 0 Å². The molecule has 1 aromatic rings. The molecular formula is C9H10BNO. The van der Waals surface area contributed by atoms with Crippen LogP contribution < -0.4 is 5.59 Å². The van der Waals surface area contributed by atoms with Gasteiger partial charge in [0.1, 0.15) is 7.85 Å². The van der Waals surface area contributed by atoms with Crippen LogP contribution in [-0.4, -0.2) is 17.9 Å². The molecule has 1 heterocycles. The third-order valence-corrected chi connectivity index (χ3v) is 2.19. The molecule has 0 aliphatic heterocycles. The number of pyridine rings is 1. The SMILES string of the molecule is [B]c1nc(CO)ccc1C1CC1. The van der Waals surface area contributed by atoms with Gasteiger partial charge in [0.05, 0.1) is 12.3 Å². The lowest BCUT2D eigenvalue weighted by molar-refractivity contribution is 0.277. The van der Waals surface area contributed by atoms with Crippen LogP contribution in [0.15, 0.2) is 12.1 Å². The molecule has 1 aliphatic carbocycles. The molecule has 0 amide bonds. The van der Waals surface area contributed by atoms with E-state index in [-0.39, 0.29) is 6.61 Å². The predicted octanol–water partition coefficient (Wildman–Crippen LogP) is 0.245. The van der Waals surface area contributed by atoms with E-state index in [1.165, 1.54) is 12.8 Å². The Kier molecular flexibility index (Phi) is 1.89. The van der Waals surface area contributed by atoms with Gasteiger partial charge in [-0.1, -0.05) is 6.07 Å². The van der Waals surface area contributed by atoms with Gasteiger partial charge in [0.15, 0.2) is 0 Å². The first kappa shape index (κ1) is 7.81. The molecule has 2 rings (SSSR count). The Morgan fingerprint density at radius 2 is 2.25 bits per heavy atom. The molecule has 0 unspecified atom stereocenters. The van der Waals surface area contributed by atoms with Gasteiger partial charge in [-0.05, 0) is 36.0 Å². The van der Waals surface area contributed by atoms with E-state index in [9.17, 15) is 0 Å². The standard InChI is InChI=1S/C9H10BNO/c10-9-8(6-1-2-6)4-3-7(5-12)11-9/h3-4,6,12H,1-2,5H2. The van der Waals surface area contributed by atoms with Crippen molar-refractivity contribution in [3.05, 3.63) is 23.4 Å². The fourth-order valence-electron chi connectivity index (χ4n) is 1.36. The van der Waals surface area contributed by atoms with Gasteiger partial charge in [0, 0.05) is 0 Å². The highest BCUT2D eigenvalue weighted by Gasteiger charge is 2.24. The average molecular weight is 159 g/mol. The third-order valence-electron chi connectivity index (χ3n) is 2.19. The van der Waals surface area contributed by atoms with Crippen LogP contribution in [0, 0.1) is 0 Å². The smallest absolute Gasteiger partial charge is 0.142 e. The maximum Gasteiger partial charge on any atom is 0.142 e. The topological polar surface area (TPSA) is 33.1 Å². The van der Waals surface area contributed by atoms with Crippen molar-refractivity contribution < 1.29 is 5.11 Å². The average Bonchev–Trinajstić information content (AvgIpc) is 2.87. The predicted molar refractivity (Wildman–Crippen MR) is 47.5 cm³/mol. The van der Waals surface area contributed by atoms with Crippen molar-refractivity contribution in [1.29, 1.82) is 0 Å². The fraction of sp³-hybridized carbons (Fsp3) is 0.444. The van der Waals surface area contributed by atoms with Crippen molar-refractivity contribution in [3.8, 4) is 0 Å². The maximum absolute atomic E-state index is 8.79. The van der Waals surface area contributed by atoms with E-state index in [1.807, 2.05) is 12.1 Å². The summed E-state index contributed by atoms with van der Waals surface area (Å²) in [5, 5.41) is 8.79. The van der Waals surface area contributed by atoms with E-state index in [0.717, 1.165) is 5.56 Å². The van der Waals surface area contributed by atoms with Gasteiger partial charge in [0.25, 0.3) is 0 Å². The number of nitrogens with zero attached hydrogens (tertiary/aromatic N) is 1. The van der Waals surface area contributed by atoms with Crippen molar-refractivity contribution in [2.75, 3.05) is 0 Å². The Labute approximate surface area is 73.1 Å². The number of aliphatic hydroxyl groups is 1. The van der Waals surface area contributed by atoms with Crippen molar-refractivity contribution in [2.24, 2.45) is 0 Å². The summed E-state index contributed by atoms with van der Waals surface area (Å²) in [5.74, 6) is 0.630. The van der Waals surface area contributed by atoms with Gasteiger partial charge >= 0.3 is 0 Å². The van der Waals surface area contributed by atoms with E-state index in [0.29, 0.717) is 17.2 Å². The molecule has 1 aliphatic rings. The molecule has 12 heavy (non-hydrogen) atoms. The minimum Gasteiger partial charge on any atom is -0.390 e. The Balaban J connectivity index is 2.32. The molecule has 0 aromatic carbocycles. The quantitative estimate of drug-likeness (QED) is 0.627. The zero-order chi connectivity index (χ0) is 8.55. The summed E-state index contributed by atoms with van der Waals surface area (Å²) in [4.78, 5) is 4.08. The highest BCUT2D eigenvalue weighted by atomic mass is 16.3. The molecule has 2 radical (unpaired) electrons. The molecular weight excluding hydrogens is 149 g/mol. The number of aliphatic hydroxyl groups excluding tert-OH is 1. The first-order valence-corrected chi connectivity index (χ1v) is 4.17. The van der Waals surface area contributed by atoms with Gasteiger partial charge in [0.2, 0.25) is 0 Å². The van der Waals surface area contributed by atoms with Gasteiger partial charge in [-0.15, -0.1) is 0 Å². The highest BCUT2D eigenvalue weighted by Crippen LogP contribution is 2.38. The van der Waals surface area contributed by atoms with Crippen molar-refractivity contribution in [2.45, 2.75) is 25.4 Å². The second-order valence-corrected chi connectivity index (χ2v) is 3.21. The molecule has 60 valence electrons. The van der Waals surface area contributed by atoms with Gasteiger partial charge in [-0.3, -0.25) is 4.98 Å². The molecule has 0 bridgehead atoms. The Morgan fingerprint density at radius 1 is 1.50 bits per heavy atom.